The van der Waals surface area contributed by atoms with E-state index in [-0.39, 0.29) is 17.5 Å². The highest BCUT2D eigenvalue weighted by Gasteiger charge is 2.13. The molecule has 0 aliphatic heterocycles. The standard InChI is InChI=1S/C18H13ClFNO2/c1-11-10-13(19)4-7-15(11)21-18(22)17-9-8-16(23-17)12-2-5-14(20)6-3-12/h2-10H,1H3,(H,21,22). The van der Waals surface area contributed by atoms with E-state index in [2.05, 4.69) is 5.32 Å². The van der Waals surface area contributed by atoms with Crippen LogP contribution in [-0.4, -0.2) is 5.91 Å². The van der Waals surface area contributed by atoms with E-state index >= 15 is 0 Å². The monoisotopic (exact) mass is 329 g/mol. The zero-order valence-corrected chi connectivity index (χ0v) is 13.0. The number of furan rings is 1. The Morgan fingerprint density at radius 2 is 1.83 bits per heavy atom. The van der Waals surface area contributed by atoms with Crippen LogP contribution < -0.4 is 5.32 Å². The van der Waals surface area contributed by atoms with Crippen LogP contribution in [0.2, 0.25) is 5.02 Å². The number of carbonyl (C=O) groups excluding carboxylic acids is 1. The third kappa shape index (κ3) is 3.43. The Kier molecular flexibility index (Phi) is 4.17. The number of benzene rings is 2. The van der Waals surface area contributed by atoms with Gasteiger partial charge in [-0.25, -0.2) is 4.39 Å². The first-order valence-corrected chi connectivity index (χ1v) is 7.34. The molecule has 0 bridgehead atoms. The van der Waals surface area contributed by atoms with E-state index in [1.54, 1.807) is 42.5 Å². The van der Waals surface area contributed by atoms with Crippen molar-refractivity contribution in [3.63, 3.8) is 0 Å². The number of rotatable bonds is 3. The van der Waals surface area contributed by atoms with Crippen LogP contribution in [0.15, 0.2) is 59.0 Å². The van der Waals surface area contributed by atoms with E-state index < -0.39 is 0 Å². The van der Waals surface area contributed by atoms with E-state index in [1.165, 1.54) is 12.1 Å². The molecule has 3 nitrogen and oxygen atoms in total. The predicted molar refractivity (Wildman–Crippen MR) is 88.2 cm³/mol. The number of anilines is 1. The summed E-state index contributed by atoms with van der Waals surface area (Å²) in [7, 11) is 0. The molecule has 0 atom stereocenters. The number of nitrogens with one attached hydrogen (secondary N) is 1. The van der Waals surface area contributed by atoms with Gasteiger partial charge in [0, 0.05) is 16.3 Å². The minimum atomic E-state index is -0.358. The summed E-state index contributed by atoms with van der Waals surface area (Å²) in [6, 6.07) is 14.3. The van der Waals surface area contributed by atoms with Crippen molar-refractivity contribution in [2.45, 2.75) is 6.92 Å². The Hall–Kier alpha value is -2.59. The van der Waals surface area contributed by atoms with Crippen molar-refractivity contribution in [2.24, 2.45) is 0 Å². The fraction of sp³-hybridized carbons (Fsp3) is 0.0556. The summed E-state index contributed by atoms with van der Waals surface area (Å²) >= 11 is 5.89. The van der Waals surface area contributed by atoms with Crippen molar-refractivity contribution in [3.05, 3.63) is 76.8 Å². The summed E-state index contributed by atoms with van der Waals surface area (Å²) in [6.07, 6.45) is 0. The summed E-state index contributed by atoms with van der Waals surface area (Å²) < 4.78 is 18.5. The normalized spacial score (nSPS) is 10.6. The molecule has 1 amide bonds. The van der Waals surface area contributed by atoms with Crippen molar-refractivity contribution in [1.29, 1.82) is 0 Å². The third-order valence-electron chi connectivity index (χ3n) is 3.40. The van der Waals surface area contributed by atoms with Gasteiger partial charge < -0.3 is 9.73 Å². The van der Waals surface area contributed by atoms with Gasteiger partial charge >= 0.3 is 0 Å². The Bertz CT molecular complexity index is 856. The van der Waals surface area contributed by atoms with Gasteiger partial charge in [0.15, 0.2) is 5.76 Å². The van der Waals surface area contributed by atoms with Gasteiger partial charge in [-0.05, 0) is 67.1 Å². The second-order valence-corrected chi connectivity index (χ2v) is 5.52. The molecule has 0 saturated heterocycles. The van der Waals surface area contributed by atoms with Crippen LogP contribution in [0.25, 0.3) is 11.3 Å². The maximum absolute atomic E-state index is 12.9. The van der Waals surface area contributed by atoms with E-state index in [4.69, 9.17) is 16.0 Å². The molecule has 2 aromatic carbocycles. The van der Waals surface area contributed by atoms with Gasteiger partial charge in [0.05, 0.1) is 0 Å². The molecule has 1 N–H and O–H groups in total. The van der Waals surface area contributed by atoms with Crippen molar-refractivity contribution in [1.82, 2.24) is 0 Å². The quantitative estimate of drug-likeness (QED) is 0.708. The van der Waals surface area contributed by atoms with Gasteiger partial charge in [0.25, 0.3) is 5.91 Å². The molecule has 0 aliphatic carbocycles. The van der Waals surface area contributed by atoms with Crippen molar-refractivity contribution in [3.8, 4) is 11.3 Å². The summed E-state index contributed by atoms with van der Waals surface area (Å²) in [5.74, 6) is 0.00178. The molecule has 116 valence electrons. The minimum Gasteiger partial charge on any atom is -0.451 e. The lowest BCUT2D eigenvalue weighted by molar-refractivity contribution is 0.0997. The van der Waals surface area contributed by atoms with E-state index in [0.29, 0.717) is 22.0 Å². The SMILES string of the molecule is Cc1cc(Cl)ccc1NC(=O)c1ccc(-c2ccc(F)cc2)o1. The largest absolute Gasteiger partial charge is 0.451 e. The lowest BCUT2D eigenvalue weighted by Crippen LogP contribution is -2.11. The maximum atomic E-state index is 12.9. The summed E-state index contributed by atoms with van der Waals surface area (Å²) in [6.45, 7) is 1.85. The smallest absolute Gasteiger partial charge is 0.291 e. The first-order chi connectivity index (χ1) is 11.0. The van der Waals surface area contributed by atoms with Gasteiger partial charge in [0.2, 0.25) is 0 Å². The lowest BCUT2D eigenvalue weighted by atomic mass is 10.2. The Morgan fingerprint density at radius 1 is 1.09 bits per heavy atom. The van der Waals surface area contributed by atoms with Crippen LogP contribution in [0.5, 0.6) is 0 Å². The molecular formula is C18H13ClFNO2. The van der Waals surface area contributed by atoms with Crippen LogP contribution in [0.4, 0.5) is 10.1 Å². The van der Waals surface area contributed by atoms with Crippen LogP contribution in [0, 0.1) is 12.7 Å². The highest BCUT2D eigenvalue weighted by Crippen LogP contribution is 2.24. The molecule has 1 aromatic heterocycles. The van der Waals surface area contributed by atoms with Crippen LogP contribution >= 0.6 is 11.6 Å². The minimum absolute atomic E-state index is 0.179. The molecule has 23 heavy (non-hydrogen) atoms. The molecule has 3 aromatic rings. The number of carbonyl (C=O) groups is 1. The third-order valence-corrected chi connectivity index (χ3v) is 3.63. The highest BCUT2D eigenvalue weighted by molar-refractivity contribution is 6.30. The van der Waals surface area contributed by atoms with Crippen molar-refractivity contribution >= 4 is 23.2 Å². The zero-order chi connectivity index (χ0) is 16.4. The van der Waals surface area contributed by atoms with Crippen LogP contribution in [0.1, 0.15) is 16.1 Å². The first-order valence-electron chi connectivity index (χ1n) is 6.96. The topological polar surface area (TPSA) is 42.2 Å². The van der Waals surface area contributed by atoms with Gasteiger partial charge in [0.1, 0.15) is 11.6 Å². The molecule has 0 saturated carbocycles. The number of aryl methyl sites for hydroxylation is 1. The number of halogens is 2. The fourth-order valence-corrected chi connectivity index (χ4v) is 2.41. The molecule has 0 fully saturated rings. The second-order valence-electron chi connectivity index (χ2n) is 5.08. The summed E-state index contributed by atoms with van der Waals surface area (Å²) in [5.41, 5.74) is 2.23. The molecular weight excluding hydrogens is 317 g/mol. The lowest BCUT2D eigenvalue weighted by Gasteiger charge is -2.07. The van der Waals surface area contributed by atoms with Crippen LogP contribution in [-0.2, 0) is 0 Å². The number of hydrogen-bond acceptors (Lipinski definition) is 2. The van der Waals surface area contributed by atoms with Crippen LogP contribution in [0.3, 0.4) is 0 Å². The predicted octanol–water partition coefficient (Wildman–Crippen LogP) is 5.30. The van der Waals surface area contributed by atoms with E-state index in [9.17, 15) is 9.18 Å². The Labute approximate surface area is 137 Å². The van der Waals surface area contributed by atoms with Gasteiger partial charge in [-0.3, -0.25) is 4.79 Å². The number of hydrogen-bond donors (Lipinski definition) is 1. The van der Waals surface area contributed by atoms with Gasteiger partial charge in [-0.1, -0.05) is 11.6 Å². The summed E-state index contributed by atoms with van der Waals surface area (Å²) in [4.78, 5) is 12.3. The van der Waals surface area contributed by atoms with E-state index in [0.717, 1.165) is 5.56 Å². The molecule has 0 radical (unpaired) electrons. The average molecular weight is 330 g/mol. The first kappa shape index (κ1) is 15.3. The zero-order valence-electron chi connectivity index (χ0n) is 12.3. The maximum Gasteiger partial charge on any atom is 0.291 e. The average Bonchev–Trinajstić information content (AvgIpc) is 3.01. The van der Waals surface area contributed by atoms with Crippen molar-refractivity contribution < 1.29 is 13.6 Å². The molecule has 5 heteroatoms. The highest BCUT2D eigenvalue weighted by atomic mass is 35.5. The second kappa shape index (κ2) is 6.26. The van der Waals surface area contributed by atoms with Gasteiger partial charge in [-0.2, -0.15) is 0 Å². The number of amides is 1. The van der Waals surface area contributed by atoms with Gasteiger partial charge in [-0.15, -0.1) is 0 Å². The molecule has 0 unspecified atom stereocenters. The molecule has 3 rings (SSSR count). The Morgan fingerprint density at radius 3 is 2.52 bits per heavy atom. The molecule has 1 heterocycles. The Balaban J connectivity index is 1.79. The van der Waals surface area contributed by atoms with Crippen molar-refractivity contribution in [2.75, 3.05) is 5.32 Å². The fourth-order valence-electron chi connectivity index (χ4n) is 2.18. The van der Waals surface area contributed by atoms with E-state index in [1.807, 2.05) is 6.92 Å². The molecule has 0 spiro atoms. The molecule has 0 aliphatic rings. The summed E-state index contributed by atoms with van der Waals surface area (Å²) in [5, 5.41) is 3.38.